The van der Waals surface area contributed by atoms with E-state index in [2.05, 4.69) is 5.32 Å². The molecule has 0 aromatic heterocycles. The van der Waals surface area contributed by atoms with Crippen LogP contribution in [0.15, 0.2) is 66.7 Å². The Bertz CT molecular complexity index is 884. The maximum atomic E-state index is 12.5. The molecule has 0 fully saturated rings. The predicted molar refractivity (Wildman–Crippen MR) is 108 cm³/mol. The molecule has 0 saturated carbocycles. The summed E-state index contributed by atoms with van der Waals surface area (Å²) in [4.78, 5) is 12.5. The zero-order valence-corrected chi connectivity index (χ0v) is 15.8. The van der Waals surface area contributed by atoms with Crippen molar-refractivity contribution in [3.63, 3.8) is 0 Å². The average molecular weight is 363 g/mol. The highest BCUT2D eigenvalue weighted by atomic mass is 16.5. The topological polar surface area (TPSA) is 47.6 Å². The van der Waals surface area contributed by atoms with Crippen molar-refractivity contribution in [3.05, 3.63) is 72.3 Å². The van der Waals surface area contributed by atoms with Crippen LogP contribution in [-0.4, -0.2) is 25.2 Å². The second-order valence-corrected chi connectivity index (χ2v) is 6.44. The minimum atomic E-state index is -0.532. The second kappa shape index (κ2) is 9.08. The molecule has 4 heteroatoms. The standard InChI is InChI=1S/C23H25NO3/c1-3-21(27-22-10-6-8-18-7-4-5-9-20(18)22)23(25)24-15-16-26-19-13-11-17(2)12-14-19/h4-14,21H,3,15-16H2,1-2H3,(H,24,25)/t21-/m0/s1. The third-order valence-electron chi connectivity index (χ3n) is 4.37. The molecule has 3 rings (SSSR count). The highest BCUT2D eigenvalue weighted by Gasteiger charge is 2.18. The smallest absolute Gasteiger partial charge is 0.261 e. The Balaban J connectivity index is 1.53. The number of hydrogen-bond donors (Lipinski definition) is 1. The number of nitrogens with one attached hydrogen (secondary N) is 1. The van der Waals surface area contributed by atoms with Crippen LogP contribution in [0.2, 0.25) is 0 Å². The van der Waals surface area contributed by atoms with Gasteiger partial charge in [0.1, 0.15) is 18.1 Å². The second-order valence-electron chi connectivity index (χ2n) is 6.44. The van der Waals surface area contributed by atoms with E-state index in [1.54, 1.807) is 0 Å². The highest BCUT2D eigenvalue weighted by Crippen LogP contribution is 2.26. The van der Waals surface area contributed by atoms with E-state index in [4.69, 9.17) is 9.47 Å². The minimum absolute atomic E-state index is 0.127. The molecule has 3 aromatic carbocycles. The Labute approximate surface area is 160 Å². The molecule has 1 amide bonds. The maximum Gasteiger partial charge on any atom is 0.261 e. The van der Waals surface area contributed by atoms with Crippen LogP contribution in [0, 0.1) is 6.92 Å². The molecule has 0 aliphatic carbocycles. The first-order valence-corrected chi connectivity index (χ1v) is 9.29. The van der Waals surface area contributed by atoms with Crippen LogP contribution < -0.4 is 14.8 Å². The van der Waals surface area contributed by atoms with E-state index in [0.29, 0.717) is 19.6 Å². The van der Waals surface area contributed by atoms with E-state index in [1.165, 1.54) is 5.56 Å². The molecule has 140 valence electrons. The molecule has 0 unspecified atom stereocenters. The van der Waals surface area contributed by atoms with Gasteiger partial charge in [-0.25, -0.2) is 0 Å². The van der Waals surface area contributed by atoms with Gasteiger partial charge in [0.25, 0.3) is 5.91 Å². The van der Waals surface area contributed by atoms with Crippen LogP contribution in [0.25, 0.3) is 10.8 Å². The largest absolute Gasteiger partial charge is 0.492 e. The van der Waals surface area contributed by atoms with Crippen molar-refractivity contribution < 1.29 is 14.3 Å². The summed E-state index contributed by atoms with van der Waals surface area (Å²) in [5, 5.41) is 5.00. The van der Waals surface area contributed by atoms with Crippen LogP contribution >= 0.6 is 0 Å². The molecule has 0 aliphatic rings. The molecule has 0 heterocycles. The van der Waals surface area contributed by atoms with Gasteiger partial charge in [-0.2, -0.15) is 0 Å². The summed E-state index contributed by atoms with van der Waals surface area (Å²) in [6, 6.07) is 21.7. The molecule has 1 atom stereocenters. The molecule has 0 spiro atoms. The summed E-state index contributed by atoms with van der Waals surface area (Å²) >= 11 is 0. The fourth-order valence-corrected chi connectivity index (χ4v) is 2.87. The van der Waals surface area contributed by atoms with Gasteiger partial charge in [-0.15, -0.1) is 0 Å². The van der Waals surface area contributed by atoms with Gasteiger partial charge in [0.15, 0.2) is 6.10 Å². The predicted octanol–water partition coefficient (Wildman–Crippen LogP) is 4.50. The van der Waals surface area contributed by atoms with Crippen LogP contribution in [0.3, 0.4) is 0 Å². The van der Waals surface area contributed by atoms with E-state index in [-0.39, 0.29) is 5.91 Å². The van der Waals surface area contributed by atoms with Crippen molar-refractivity contribution in [2.75, 3.05) is 13.2 Å². The lowest BCUT2D eigenvalue weighted by Gasteiger charge is -2.18. The Kier molecular flexibility index (Phi) is 6.31. The molecule has 4 nitrogen and oxygen atoms in total. The van der Waals surface area contributed by atoms with Crippen molar-refractivity contribution in [3.8, 4) is 11.5 Å². The number of rotatable bonds is 8. The highest BCUT2D eigenvalue weighted by molar-refractivity contribution is 5.89. The summed E-state index contributed by atoms with van der Waals surface area (Å²) in [5.41, 5.74) is 1.19. The Hall–Kier alpha value is -3.01. The molecule has 0 bridgehead atoms. The van der Waals surface area contributed by atoms with Crippen molar-refractivity contribution in [1.29, 1.82) is 0 Å². The monoisotopic (exact) mass is 363 g/mol. The van der Waals surface area contributed by atoms with Gasteiger partial charge >= 0.3 is 0 Å². The molecular weight excluding hydrogens is 338 g/mol. The normalized spacial score (nSPS) is 11.8. The first-order chi connectivity index (χ1) is 13.2. The Morgan fingerprint density at radius 2 is 1.74 bits per heavy atom. The number of carbonyl (C=O) groups excluding carboxylic acids is 1. The zero-order valence-electron chi connectivity index (χ0n) is 15.8. The van der Waals surface area contributed by atoms with Crippen molar-refractivity contribution in [2.24, 2.45) is 0 Å². The number of carbonyl (C=O) groups is 1. The van der Waals surface area contributed by atoms with E-state index in [1.807, 2.05) is 80.6 Å². The Morgan fingerprint density at radius 1 is 1.00 bits per heavy atom. The van der Waals surface area contributed by atoms with Gasteiger partial charge in [-0.3, -0.25) is 4.79 Å². The van der Waals surface area contributed by atoms with Gasteiger partial charge in [0.05, 0.1) is 6.54 Å². The molecular formula is C23H25NO3. The number of ether oxygens (including phenoxy) is 2. The number of amides is 1. The summed E-state index contributed by atoms with van der Waals surface area (Å²) in [5.74, 6) is 1.40. The number of hydrogen-bond acceptors (Lipinski definition) is 3. The molecule has 0 saturated heterocycles. The van der Waals surface area contributed by atoms with E-state index in [0.717, 1.165) is 22.3 Å². The van der Waals surface area contributed by atoms with Crippen molar-refractivity contribution >= 4 is 16.7 Å². The molecule has 0 radical (unpaired) electrons. The van der Waals surface area contributed by atoms with Crippen LogP contribution in [-0.2, 0) is 4.79 Å². The number of aryl methyl sites for hydroxylation is 1. The maximum absolute atomic E-state index is 12.5. The molecule has 3 aromatic rings. The molecule has 27 heavy (non-hydrogen) atoms. The summed E-state index contributed by atoms with van der Waals surface area (Å²) < 4.78 is 11.7. The van der Waals surface area contributed by atoms with Crippen LogP contribution in [0.4, 0.5) is 0 Å². The zero-order chi connectivity index (χ0) is 19.1. The number of benzene rings is 3. The third kappa shape index (κ3) is 5.00. The third-order valence-corrected chi connectivity index (χ3v) is 4.37. The fraction of sp³-hybridized carbons (Fsp3) is 0.261. The first kappa shape index (κ1) is 18.8. The number of fused-ring (bicyclic) bond motifs is 1. The van der Waals surface area contributed by atoms with Gasteiger partial charge in [0.2, 0.25) is 0 Å². The van der Waals surface area contributed by atoms with E-state index >= 15 is 0 Å². The minimum Gasteiger partial charge on any atom is -0.492 e. The molecule has 1 N–H and O–H groups in total. The lowest BCUT2D eigenvalue weighted by molar-refractivity contribution is -0.128. The first-order valence-electron chi connectivity index (χ1n) is 9.29. The Morgan fingerprint density at radius 3 is 2.52 bits per heavy atom. The average Bonchev–Trinajstić information content (AvgIpc) is 2.70. The lowest BCUT2D eigenvalue weighted by atomic mass is 10.1. The van der Waals surface area contributed by atoms with E-state index < -0.39 is 6.10 Å². The van der Waals surface area contributed by atoms with Crippen LogP contribution in [0.1, 0.15) is 18.9 Å². The van der Waals surface area contributed by atoms with Gasteiger partial charge in [0, 0.05) is 5.39 Å². The van der Waals surface area contributed by atoms with Crippen molar-refractivity contribution in [1.82, 2.24) is 5.32 Å². The van der Waals surface area contributed by atoms with Gasteiger partial charge < -0.3 is 14.8 Å². The summed E-state index contributed by atoms with van der Waals surface area (Å²) in [6.07, 6.45) is 0.0589. The fourth-order valence-electron chi connectivity index (χ4n) is 2.87. The van der Waals surface area contributed by atoms with E-state index in [9.17, 15) is 4.79 Å². The van der Waals surface area contributed by atoms with Gasteiger partial charge in [-0.1, -0.05) is 61.0 Å². The van der Waals surface area contributed by atoms with Crippen LogP contribution in [0.5, 0.6) is 11.5 Å². The lowest BCUT2D eigenvalue weighted by Crippen LogP contribution is -2.39. The van der Waals surface area contributed by atoms with Crippen molar-refractivity contribution in [2.45, 2.75) is 26.4 Å². The molecule has 0 aliphatic heterocycles. The summed E-state index contributed by atoms with van der Waals surface area (Å²) in [6.45, 7) is 4.82. The van der Waals surface area contributed by atoms with Gasteiger partial charge in [-0.05, 0) is 36.9 Å². The SMILES string of the molecule is CC[C@H](Oc1cccc2ccccc12)C(=O)NCCOc1ccc(C)cc1. The quantitative estimate of drug-likeness (QED) is 0.600. The summed E-state index contributed by atoms with van der Waals surface area (Å²) in [7, 11) is 0.